The van der Waals surface area contributed by atoms with E-state index in [2.05, 4.69) is 11.4 Å². The van der Waals surface area contributed by atoms with Gasteiger partial charge in [-0.2, -0.15) is 0 Å². The molecule has 5 nitrogen and oxygen atoms in total. The standard InChI is InChI=1S/C17H26N2O3S2/c1-19(24(21,22)17-10-6-14-23-17)13-5-9-16(20)18-12-11-15-7-3-2-4-8-15/h6-7,10,14H,2-5,8-9,11-13H2,1H3,(H,18,20). The second-order valence-corrected chi connectivity index (χ2v) is 9.29. The quantitative estimate of drug-likeness (QED) is 0.679. The van der Waals surface area contributed by atoms with Gasteiger partial charge in [-0.05, 0) is 50.0 Å². The molecule has 2 rings (SSSR count). The van der Waals surface area contributed by atoms with E-state index in [4.69, 9.17) is 0 Å². The van der Waals surface area contributed by atoms with Gasteiger partial charge in [0.15, 0.2) is 0 Å². The summed E-state index contributed by atoms with van der Waals surface area (Å²) in [5.41, 5.74) is 1.45. The van der Waals surface area contributed by atoms with Crippen LogP contribution in [-0.4, -0.2) is 38.8 Å². The zero-order chi connectivity index (χ0) is 17.4. The fourth-order valence-electron chi connectivity index (χ4n) is 2.73. The Morgan fingerprint density at radius 3 is 2.88 bits per heavy atom. The van der Waals surface area contributed by atoms with Crippen LogP contribution in [0.1, 0.15) is 44.9 Å². The number of carbonyl (C=O) groups excluding carboxylic acids is 1. The summed E-state index contributed by atoms with van der Waals surface area (Å²) in [5, 5.41) is 4.67. The van der Waals surface area contributed by atoms with Gasteiger partial charge in [-0.1, -0.05) is 17.7 Å². The largest absolute Gasteiger partial charge is 0.356 e. The van der Waals surface area contributed by atoms with Gasteiger partial charge in [0.1, 0.15) is 4.21 Å². The zero-order valence-corrected chi connectivity index (χ0v) is 15.8. The predicted octanol–water partition coefficient (Wildman–Crippen LogP) is 3.16. The average Bonchev–Trinajstić information content (AvgIpc) is 3.11. The molecular formula is C17H26N2O3S2. The molecule has 0 saturated heterocycles. The highest BCUT2D eigenvalue weighted by atomic mass is 32.2. The first-order valence-electron chi connectivity index (χ1n) is 8.44. The molecule has 1 heterocycles. The lowest BCUT2D eigenvalue weighted by molar-refractivity contribution is -0.121. The van der Waals surface area contributed by atoms with Crippen LogP contribution in [-0.2, 0) is 14.8 Å². The van der Waals surface area contributed by atoms with Crippen molar-refractivity contribution in [3.63, 3.8) is 0 Å². The molecule has 0 unspecified atom stereocenters. The minimum absolute atomic E-state index is 0.00617. The third-order valence-corrected chi connectivity index (χ3v) is 7.42. The molecule has 0 spiro atoms. The molecule has 0 fully saturated rings. The van der Waals surface area contributed by atoms with Gasteiger partial charge < -0.3 is 5.32 Å². The van der Waals surface area contributed by atoms with E-state index >= 15 is 0 Å². The number of sulfonamides is 1. The minimum atomic E-state index is -3.41. The van der Waals surface area contributed by atoms with E-state index in [0.29, 0.717) is 30.1 Å². The second kappa shape index (κ2) is 9.34. The molecule has 1 aliphatic rings. The number of nitrogens with one attached hydrogen (secondary N) is 1. The molecule has 1 N–H and O–H groups in total. The van der Waals surface area contributed by atoms with E-state index < -0.39 is 10.0 Å². The molecule has 1 amide bonds. The smallest absolute Gasteiger partial charge is 0.252 e. The number of allylic oxidation sites excluding steroid dienone is 1. The lowest BCUT2D eigenvalue weighted by atomic mass is 9.97. The molecular weight excluding hydrogens is 344 g/mol. The molecule has 0 aliphatic heterocycles. The number of amides is 1. The van der Waals surface area contributed by atoms with Crippen molar-refractivity contribution in [1.82, 2.24) is 9.62 Å². The van der Waals surface area contributed by atoms with Crippen LogP contribution in [0.2, 0.25) is 0 Å². The van der Waals surface area contributed by atoms with Gasteiger partial charge in [0.2, 0.25) is 5.91 Å². The number of rotatable bonds is 9. The number of nitrogens with zero attached hydrogens (tertiary/aromatic N) is 1. The normalized spacial score (nSPS) is 15.3. The predicted molar refractivity (Wildman–Crippen MR) is 97.5 cm³/mol. The Bertz CT molecular complexity index is 651. The zero-order valence-electron chi connectivity index (χ0n) is 14.2. The summed E-state index contributed by atoms with van der Waals surface area (Å²) in [4.78, 5) is 11.8. The van der Waals surface area contributed by atoms with Crippen LogP contribution in [0, 0.1) is 0 Å². The third kappa shape index (κ3) is 5.72. The van der Waals surface area contributed by atoms with E-state index in [1.165, 1.54) is 34.1 Å². The molecule has 1 aromatic rings. The maximum atomic E-state index is 12.2. The Hall–Kier alpha value is -1.18. The van der Waals surface area contributed by atoms with Crippen molar-refractivity contribution < 1.29 is 13.2 Å². The lowest BCUT2D eigenvalue weighted by Gasteiger charge is -2.16. The van der Waals surface area contributed by atoms with Crippen LogP contribution in [0.4, 0.5) is 0 Å². The highest BCUT2D eigenvalue weighted by Crippen LogP contribution is 2.20. The number of hydrogen-bond donors (Lipinski definition) is 1. The molecule has 0 saturated carbocycles. The molecule has 1 aliphatic carbocycles. The van der Waals surface area contributed by atoms with Gasteiger partial charge in [0.05, 0.1) is 0 Å². The van der Waals surface area contributed by atoms with Gasteiger partial charge in [0, 0.05) is 26.6 Å². The summed E-state index contributed by atoms with van der Waals surface area (Å²) in [7, 11) is -1.85. The molecule has 24 heavy (non-hydrogen) atoms. The summed E-state index contributed by atoms with van der Waals surface area (Å²) in [6.45, 7) is 1.02. The van der Waals surface area contributed by atoms with Gasteiger partial charge in [-0.25, -0.2) is 12.7 Å². The molecule has 0 atom stereocenters. The molecule has 0 aromatic carbocycles. The molecule has 0 bridgehead atoms. The summed E-state index contributed by atoms with van der Waals surface area (Å²) in [6, 6.07) is 3.32. The van der Waals surface area contributed by atoms with E-state index in [1.807, 2.05) is 0 Å². The molecule has 1 aromatic heterocycles. The van der Waals surface area contributed by atoms with Gasteiger partial charge >= 0.3 is 0 Å². The van der Waals surface area contributed by atoms with Gasteiger partial charge in [-0.3, -0.25) is 4.79 Å². The lowest BCUT2D eigenvalue weighted by Crippen LogP contribution is -2.29. The van der Waals surface area contributed by atoms with Crippen LogP contribution in [0.3, 0.4) is 0 Å². The molecule has 134 valence electrons. The van der Waals surface area contributed by atoms with Crippen molar-refractivity contribution in [2.75, 3.05) is 20.1 Å². The van der Waals surface area contributed by atoms with Crippen molar-refractivity contribution in [2.24, 2.45) is 0 Å². The number of carbonyl (C=O) groups is 1. The average molecular weight is 371 g/mol. The maximum Gasteiger partial charge on any atom is 0.252 e. The van der Waals surface area contributed by atoms with Crippen molar-refractivity contribution in [1.29, 1.82) is 0 Å². The summed E-state index contributed by atoms with van der Waals surface area (Å²) in [6.07, 6.45) is 8.94. The number of hydrogen-bond acceptors (Lipinski definition) is 4. The van der Waals surface area contributed by atoms with Gasteiger partial charge in [0.25, 0.3) is 10.0 Å². The SMILES string of the molecule is CN(CCCC(=O)NCCC1=CCCCC1)S(=O)(=O)c1cccs1. The fourth-order valence-corrected chi connectivity index (χ4v) is 5.14. The summed E-state index contributed by atoms with van der Waals surface area (Å²) >= 11 is 1.21. The molecule has 7 heteroatoms. The Kier molecular flexibility index (Phi) is 7.45. The maximum absolute atomic E-state index is 12.2. The van der Waals surface area contributed by atoms with Crippen molar-refractivity contribution in [3.05, 3.63) is 29.2 Å². The van der Waals surface area contributed by atoms with Crippen molar-refractivity contribution >= 4 is 27.3 Å². The first kappa shape index (κ1) is 19.1. The van der Waals surface area contributed by atoms with Crippen molar-refractivity contribution in [3.8, 4) is 0 Å². The topological polar surface area (TPSA) is 66.5 Å². The number of thiophene rings is 1. The van der Waals surface area contributed by atoms with E-state index in [-0.39, 0.29) is 5.91 Å². The van der Waals surface area contributed by atoms with E-state index in [9.17, 15) is 13.2 Å². The highest BCUT2D eigenvalue weighted by Gasteiger charge is 2.21. The van der Waals surface area contributed by atoms with Crippen LogP contribution in [0.15, 0.2) is 33.4 Å². The van der Waals surface area contributed by atoms with E-state index in [0.717, 1.165) is 19.3 Å². The van der Waals surface area contributed by atoms with Crippen LogP contribution >= 0.6 is 11.3 Å². The van der Waals surface area contributed by atoms with Crippen LogP contribution in [0.25, 0.3) is 0 Å². The Labute approximate surface area is 148 Å². The van der Waals surface area contributed by atoms with Gasteiger partial charge in [-0.15, -0.1) is 11.3 Å². The minimum Gasteiger partial charge on any atom is -0.356 e. The van der Waals surface area contributed by atoms with E-state index in [1.54, 1.807) is 24.6 Å². The monoisotopic (exact) mass is 370 g/mol. The summed E-state index contributed by atoms with van der Waals surface area (Å²) < 4.78 is 26.2. The second-order valence-electron chi connectivity index (χ2n) is 6.07. The highest BCUT2D eigenvalue weighted by molar-refractivity contribution is 7.91. The van der Waals surface area contributed by atoms with Crippen molar-refractivity contribution in [2.45, 2.75) is 49.2 Å². The Morgan fingerprint density at radius 1 is 1.38 bits per heavy atom. The fraction of sp³-hybridized carbons (Fsp3) is 0.588. The first-order valence-corrected chi connectivity index (χ1v) is 10.8. The Morgan fingerprint density at radius 2 is 2.21 bits per heavy atom. The van der Waals surface area contributed by atoms with Crippen LogP contribution in [0.5, 0.6) is 0 Å². The third-order valence-electron chi connectivity index (χ3n) is 4.19. The summed E-state index contributed by atoms with van der Waals surface area (Å²) in [5.74, 6) is -0.00617. The Balaban J connectivity index is 1.64. The first-order chi connectivity index (χ1) is 11.5. The molecule has 0 radical (unpaired) electrons. The van der Waals surface area contributed by atoms with Crippen LogP contribution < -0.4 is 5.32 Å².